The Morgan fingerprint density at radius 3 is 2.76 bits per heavy atom. The zero-order valence-corrected chi connectivity index (χ0v) is 15.0. The molecule has 0 spiro atoms. The zero-order valence-electron chi connectivity index (χ0n) is 13.4. The minimum atomic E-state index is 0.705. The van der Waals surface area contributed by atoms with Gasteiger partial charge in [-0.3, -0.25) is 4.98 Å². The van der Waals surface area contributed by atoms with E-state index in [0.29, 0.717) is 10.8 Å². The topological polar surface area (TPSA) is 56.5 Å². The van der Waals surface area contributed by atoms with Gasteiger partial charge in [-0.05, 0) is 53.2 Å². The second-order valence-corrected chi connectivity index (χ2v) is 6.95. The number of hydrogen-bond donors (Lipinski definition) is 0. The molecule has 2 aromatic carbocycles. The van der Waals surface area contributed by atoms with Crippen LogP contribution in [0.15, 0.2) is 59.9 Å². The largest absolute Gasteiger partial charge is 0.256 e. The number of pyridine rings is 1. The molecule has 0 saturated carbocycles. The first-order chi connectivity index (χ1) is 12.2. The Morgan fingerprint density at radius 2 is 1.92 bits per heavy atom. The second-order valence-electron chi connectivity index (χ2n) is 5.60. The number of aryl methyl sites for hydroxylation is 1. The van der Waals surface area contributed by atoms with Crippen LogP contribution in [0.1, 0.15) is 11.1 Å². The van der Waals surface area contributed by atoms with Crippen LogP contribution in [0.25, 0.3) is 16.6 Å². The van der Waals surface area contributed by atoms with E-state index in [0.717, 1.165) is 27.3 Å². The molecule has 0 N–H and O–H groups in total. The average molecular weight is 368 g/mol. The van der Waals surface area contributed by atoms with Crippen LogP contribution in [0, 0.1) is 6.92 Å². The number of aromatic nitrogens is 5. The first kappa shape index (κ1) is 16.1. The number of rotatable bonds is 4. The smallest absolute Gasteiger partial charge is 0.214 e. The lowest BCUT2D eigenvalue weighted by Crippen LogP contribution is -1.99. The maximum absolute atomic E-state index is 6.26. The Balaban J connectivity index is 1.62. The van der Waals surface area contributed by atoms with Crippen molar-refractivity contribution < 1.29 is 0 Å². The molecule has 124 valence electrons. The molecule has 5 nitrogen and oxygen atoms in total. The van der Waals surface area contributed by atoms with Gasteiger partial charge in [-0.15, -0.1) is 5.10 Å². The van der Waals surface area contributed by atoms with Gasteiger partial charge >= 0.3 is 0 Å². The van der Waals surface area contributed by atoms with Crippen molar-refractivity contribution in [3.63, 3.8) is 0 Å². The van der Waals surface area contributed by atoms with Gasteiger partial charge in [-0.2, -0.15) is 4.68 Å². The van der Waals surface area contributed by atoms with Crippen molar-refractivity contribution in [1.29, 1.82) is 0 Å². The summed E-state index contributed by atoms with van der Waals surface area (Å²) in [5.41, 5.74) is 4.15. The molecule has 0 aliphatic heterocycles. The number of halogens is 1. The highest BCUT2D eigenvalue weighted by atomic mass is 35.5. The first-order valence-electron chi connectivity index (χ1n) is 7.73. The van der Waals surface area contributed by atoms with Crippen molar-refractivity contribution >= 4 is 34.3 Å². The van der Waals surface area contributed by atoms with Crippen molar-refractivity contribution in [2.75, 3.05) is 0 Å². The maximum Gasteiger partial charge on any atom is 0.214 e. The Morgan fingerprint density at radius 1 is 1.08 bits per heavy atom. The van der Waals surface area contributed by atoms with Gasteiger partial charge in [-0.25, -0.2) is 0 Å². The van der Waals surface area contributed by atoms with Crippen molar-refractivity contribution in [3.8, 4) is 5.69 Å². The van der Waals surface area contributed by atoms with E-state index in [4.69, 9.17) is 11.6 Å². The summed E-state index contributed by atoms with van der Waals surface area (Å²) < 4.78 is 1.75. The van der Waals surface area contributed by atoms with E-state index in [-0.39, 0.29) is 0 Å². The molecule has 0 atom stereocenters. The molecule has 7 heteroatoms. The summed E-state index contributed by atoms with van der Waals surface area (Å²) in [5.74, 6) is 0.705. The molecule has 2 aromatic heterocycles. The Kier molecular flexibility index (Phi) is 4.38. The van der Waals surface area contributed by atoms with Crippen LogP contribution >= 0.6 is 23.4 Å². The fourth-order valence-corrected chi connectivity index (χ4v) is 3.66. The fourth-order valence-electron chi connectivity index (χ4n) is 2.57. The van der Waals surface area contributed by atoms with Gasteiger partial charge in [0.25, 0.3) is 0 Å². The fraction of sp³-hybridized carbons (Fsp3) is 0.111. The second kappa shape index (κ2) is 6.82. The van der Waals surface area contributed by atoms with E-state index < -0.39 is 0 Å². The molecule has 0 fully saturated rings. The van der Waals surface area contributed by atoms with Crippen LogP contribution in [-0.4, -0.2) is 25.2 Å². The molecule has 0 radical (unpaired) electrons. The van der Waals surface area contributed by atoms with Gasteiger partial charge in [0.1, 0.15) is 0 Å². The highest BCUT2D eigenvalue weighted by Gasteiger charge is 2.11. The number of hydrogen-bond acceptors (Lipinski definition) is 5. The van der Waals surface area contributed by atoms with Crippen LogP contribution < -0.4 is 0 Å². The molecule has 4 rings (SSSR count). The highest BCUT2D eigenvalue weighted by Crippen LogP contribution is 2.29. The van der Waals surface area contributed by atoms with Gasteiger partial charge in [0.2, 0.25) is 5.16 Å². The molecule has 0 bridgehead atoms. The van der Waals surface area contributed by atoms with Crippen molar-refractivity contribution in [2.24, 2.45) is 0 Å². The Hall–Kier alpha value is -2.44. The van der Waals surface area contributed by atoms with Crippen LogP contribution in [0.4, 0.5) is 0 Å². The molecule has 0 saturated heterocycles. The number of nitrogens with zero attached hydrogens (tertiary/aromatic N) is 5. The summed E-state index contributed by atoms with van der Waals surface area (Å²) in [6.07, 6.45) is 1.78. The van der Waals surface area contributed by atoms with Crippen LogP contribution in [0.2, 0.25) is 5.02 Å². The third-order valence-corrected chi connectivity index (χ3v) is 5.17. The first-order valence-corrected chi connectivity index (χ1v) is 9.09. The van der Waals surface area contributed by atoms with Gasteiger partial charge in [0.15, 0.2) is 0 Å². The third kappa shape index (κ3) is 3.23. The van der Waals surface area contributed by atoms with E-state index in [9.17, 15) is 0 Å². The van der Waals surface area contributed by atoms with Crippen LogP contribution in [-0.2, 0) is 5.75 Å². The normalized spacial score (nSPS) is 11.1. The number of thioether (sulfide) groups is 1. The molecular formula is C18H14ClN5S. The van der Waals surface area contributed by atoms with Crippen LogP contribution in [0.5, 0.6) is 0 Å². The third-order valence-electron chi connectivity index (χ3n) is 3.88. The molecule has 25 heavy (non-hydrogen) atoms. The van der Waals surface area contributed by atoms with Gasteiger partial charge in [0, 0.05) is 22.4 Å². The van der Waals surface area contributed by atoms with Crippen molar-refractivity contribution in [2.45, 2.75) is 17.8 Å². The molecule has 4 aromatic rings. The summed E-state index contributed by atoms with van der Waals surface area (Å²) in [6, 6.07) is 15.9. The number of benzene rings is 2. The van der Waals surface area contributed by atoms with E-state index in [1.807, 2.05) is 48.5 Å². The maximum atomic E-state index is 6.26. The van der Waals surface area contributed by atoms with Gasteiger partial charge < -0.3 is 0 Å². The molecule has 0 aliphatic carbocycles. The van der Waals surface area contributed by atoms with E-state index in [1.165, 1.54) is 5.56 Å². The average Bonchev–Trinajstić information content (AvgIpc) is 3.11. The van der Waals surface area contributed by atoms with Crippen LogP contribution in [0.3, 0.4) is 0 Å². The Labute approximate surface area is 154 Å². The zero-order chi connectivity index (χ0) is 17.2. The SMILES string of the molecule is Cc1ccc(-n2nnnc2SCc2ccc(Cl)c3cccnc23)cc1. The van der Waals surface area contributed by atoms with E-state index in [1.54, 1.807) is 22.6 Å². The minimum Gasteiger partial charge on any atom is -0.256 e. The molecule has 0 amide bonds. The standard InChI is InChI=1S/C18H14ClN5S/c1-12-4-7-14(8-5-12)24-18(21-22-23-24)25-11-13-6-9-16(19)15-3-2-10-20-17(13)15/h2-10H,11H2,1H3. The number of fused-ring (bicyclic) bond motifs is 1. The molecule has 0 aliphatic rings. The monoisotopic (exact) mass is 367 g/mol. The lowest BCUT2D eigenvalue weighted by molar-refractivity contribution is 0.756. The molecular weight excluding hydrogens is 354 g/mol. The lowest BCUT2D eigenvalue weighted by Gasteiger charge is -2.07. The van der Waals surface area contributed by atoms with Crippen molar-refractivity contribution in [3.05, 3.63) is 70.9 Å². The predicted octanol–water partition coefficient (Wildman–Crippen LogP) is 4.46. The van der Waals surface area contributed by atoms with Crippen molar-refractivity contribution in [1.82, 2.24) is 25.2 Å². The summed E-state index contributed by atoms with van der Waals surface area (Å²) in [4.78, 5) is 4.48. The molecule has 0 unspecified atom stereocenters. The quantitative estimate of drug-likeness (QED) is 0.498. The summed E-state index contributed by atoms with van der Waals surface area (Å²) >= 11 is 7.83. The highest BCUT2D eigenvalue weighted by molar-refractivity contribution is 7.98. The molecule has 2 heterocycles. The van der Waals surface area contributed by atoms with Gasteiger partial charge in [-0.1, -0.05) is 47.1 Å². The van der Waals surface area contributed by atoms with E-state index in [2.05, 4.69) is 27.4 Å². The number of tetrazole rings is 1. The minimum absolute atomic E-state index is 0.705. The Bertz CT molecular complexity index is 1030. The van der Waals surface area contributed by atoms with Gasteiger partial charge in [0.05, 0.1) is 11.2 Å². The predicted molar refractivity (Wildman–Crippen MR) is 100 cm³/mol. The van der Waals surface area contributed by atoms with E-state index >= 15 is 0 Å². The summed E-state index contributed by atoms with van der Waals surface area (Å²) in [5, 5.41) is 14.5. The summed E-state index contributed by atoms with van der Waals surface area (Å²) in [7, 11) is 0. The lowest BCUT2D eigenvalue weighted by atomic mass is 10.1. The summed E-state index contributed by atoms with van der Waals surface area (Å²) in [6.45, 7) is 2.05.